The highest BCUT2D eigenvalue weighted by atomic mass is 32.2. The molecule has 0 aliphatic carbocycles. The lowest BCUT2D eigenvalue weighted by atomic mass is 9.98. The first-order chi connectivity index (χ1) is 40.0. The number of aromatic nitrogens is 12. The molecule has 1 aromatic carbocycles. The zero-order valence-electron chi connectivity index (χ0n) is 43.3. The number of imidazole rings is 3. The summed E-state index contributed by atoms with van der Waals surface area (Å²) in [7, 11) is -25.6. The van der Waals surface area contributed by atoms with E-state index in [-0.39, 0.29) is 56.1 Å². The molecule has 6 aromatic heterocycles. The van der Waals surface area contributed by atoms with Crippen molar-refractivity contribution in [1.82, 2.24) is 58.3 Å². The summed E-state index contributed by atoms with van der Waals surface area (Å²) in [6, 6.07) is 6.96. The van der Waals surface area contributed by atoms with E-state index >= 15 is 0 Å². The molecule has 0 amide bonds. The van der Waals surface area contributed by atoms with Crippen LogP contribution in [0.1, 0.15) is 18.7 Å². The Morgan fingerprint density at radius 2 is 1.31 bits per heavy atom. The van der Waals surface area contributed by atoms with Gasteiger partial charge in [-0.2, -0.15) is 13.6 Å². The smallest absolute Gasteiger partial charge is 0.387 e. The molecule has 3 fully saturated rings. The predicted octanol–water partition coefficient (Wildman–Crippen LogP) is -3.48. The molecule has 41 nitrogen and oxygen atoms in total. The van der Waals surface area contributed by atoms with Gasteiger partial charge in [-0.05, 0) is 12.1 Å². The quantitative estimate of drug-likeness (QED) is 0.0219. The molecule has 0 bridgehead atoms. The molecule has 0 spiro atoms. The van der Waals surface area contributed by atoms with Crippen LogP contribution in [0.25, 0.3) is 33.5 Å². The van der Waals surface area contributed by atoms with Crippen molar-refractivity contribution >= 4 is 92.5 Å². The number of nitrogens with zero attached hydrogens (tertiary/aromatic N) is 10. The average Bonchev–Trinajstić information content (AvgIpc) is 1.77. The zero-order chi connectivity index (χ0) is 61.3. The second-order valence-corrected chi connectivity index (χ2v) is 26.6. The number of nitrogens with two attached hydrogens (primary N) is 3. The average molecular weight is 1300 g/mol. The molecule has 7 aromatic rings. The molecule has 16 atom stereocenters. The number of sulfonamides is 1. The minimum absolute atomic E-state index is 0.00905. The number of phosphoric ester groups is 3. The van der Waals surface area contributed by atoms with Crippen molar-refractivity contribution < 1.29 is 112 Å². The number of ether oxygens (including phenoxy) is 4. The molecule has 16 N–H and O–H groups in total. The van der Waals surface area contributed by atoms with E-state index in [4.69, 9.17) is 54.2 Å². The fourth-order valence-electron chi connectivity index (χ4n) is 9.52. The number of aliphatic hydroxyl groups is 3. The van der Waals surface area contributed by atoms with Crippen molar-refractivity contribution in [2.45, 2.75) is 72.4 Å². The number of hydrogen-bond donors (Lipinski definition) is 13. The number of nitrogens with one attached hydrogen (secondary N) is 3. The topological polar surface area (TPSA) is 588 Å². The molecule has 4 unspecified atom stereocenters. The number of nitrogen functional groups attached to an aromatic ring is 3. The standard InChI is InChI=1S/C39H50N16O25P4S/c1-52-15-55(32-23(52)34(60)51-39(42)49-32)35-24(56)17(8-47-85(69,70)16-6-4-3-5-7-16)18(75-35)9-73-82(63,64)79-84(67,68)80-83(65,66)74-11-20-27(28(71-2)37(77-20)53-13-45-21-29(40)43-12-44-30(21)53)78-81(61,62)72-10-19-25(57)26(58)36(76-19)54-14-46-22-31(54)48-38(41)50-33(22)59/h3-7,12-15,17-20,24-28,35-37,47,56-58H,8-11H2,1-2H3,(H11-,40,41,42,43,44,48,49,50,51,59,60,61,62,63,64,65,66,67,68)/p+1/t17-,18-,19-,20-,24-,25-,26-,27-,28-,35-,36-,37-/m1/s1. The molecule has 3 aliphatic heterocycles. The molecule has 85 heavy (non-hydrogen) atoms. The summed E-state index contributed by atoms with van der Waals surface area (Å²) in [5, 5.41) is 33.5. The molecule has 10 rings (SSSR count). The maximum Gasteiger partial charge on any atom is 0.490 e. The zero-order valence-corrected chi connectivity index (χ0v) is 47.7. The van der Waals surface area contributed by atoms with Gasteiger partial charge in [-0.1, -0.05) is 23.2 Å². The summed E-state index contributed by atoms with van der Waals surface area (Å²) in [6.45, 7) is -4.11. The lowest BCUT2D eigenvalue weighted by molar-refractivity contribution is -0.745. The monoisotopic (exact) mass is 1300 g/mol. The van der Waals surface area contributed by atoms with Crippen LogP contribution in [-0.2, 0) is 81.0 Å². The van der Waals surface area contributed by atoms with Gasteiger partial charge in [0.15, 0.2) is 41.4 Å². The van der Waals surface area contributed by atoms with Gasteiger partial charge < -0.3 is 71.0 Å². The number of H-pyrrole nitrogens is 2. The van der Waals surface area contributed by atoms with Crippen molar-refractivity contribution in [1.29, 1.82) is 0 Å². The molecule has 9 heterocycles. The highest BCUT2D eigenvalue weighted by molar-refractivity contribution is 7.89. The molecular formula is C39H51N16O25P4S+. The van der Waals surface area contributed by atoms with E-state index in [2.05, 4.69) is 53.2 Å². The van der Waals surface area contributed by atoms with Crippen molar-refractivity contribution in [3.8, 4) is 0 Å². The van der Waals surface area contributed by atoms with Crippen LogP contribution in [0, 0.1) is 5.92 Å². The van der Waals surface area contributed by atoms with Crippen molar-refractivity contribution in [2.24, 2.45) is 13.0 Å². The van der Waals surface area contributed by atoms with Gasteiger partial charge in [0.1, 0.15) is 54.6 Å². The highest BCUT2D eigenvalue weighted by Crippen LogP contribution is 2.68. The fraction of sp³-hybridized carbons (Fsp3) is 0.462. The summed E-state index contributed by atoms with van der Waals surface area (Å²) in [4.78, 5) is 96.9. The molecule has 462 valence electrons. The number of methoxy groups -OCH3 is 1. The van der Waals surface area contributed by atoms with Gasteiger partial charge in [0.25, 0.3) is 17.1 Å². The van der Waals surface area contributed by atoms with Crippen LogP contribution in [0.15, 0.2) is 70.1 Å². The Bertz CT molecular complexity index is 4100. The van der Waals surface area contributed by atoms with Gasteiger partial charge >= 0.3 is 36.9 Å². The predicted molar refractivity (Wildman–Crippen MR) is 278 cm³/mol. The summed E-state index contributed by atoms with van der Waals surface area (Å²) in [5.41, 5.74) is 15.4. The molecule has 3 saturated heterocycles. The normalized spacial score (nSPS) is 28.4. The van der Waals surface area contributed by atoms with Crippen LogP contribution in [0.2, 0.25) is 0 Å². The van der Waals surface area contributed by atoms with E-state index in [1.807, 2.05) is 0 Å². The third kappa shape index (κ3) is 12.9. The van der Waals surface area contributed by atoms with E-state index < -0.39 is 152 Å². The Kier molecular flexibility index (Phi) is 17.2. The number of aliphatic hydroxyl groups excluding tert-OH is 3. The van der Waals surface area contributed by atoms with Gasteiger partial charge in [-0.15, -0.1) is 0 Å². The SMILES string of the molecule is CO[C@@H]1[C@H](OP(=O)(O)OC[C@H]2O[C@@H](n3cnc4c(=O)[nH]c(N)nc43)[C@H](O)[C@@H]2O)[C@@H](COP(=O)(O)OP(=O)(O)OP(=O)(O)OC[C@H]2O[C@@H]([n+]3cn(C)c4c(=O)[nH]c(N)nc43)[C@H](O)[C@@H]2CNS(=O)(=O)c2ccccc2)O[C@H]1n1cnc2c(N)ncnc21. The Labute approximate surface area is 473 Å². The number of fused-ring (bicyclic) bond motifs is 3. The third-order valence-corrected chi connectivity index (χ3v) is 20.0. The molecular weight excluding hydrogens is 1250 g/mol. The first-order valence-corrected chi connectivity index (χ1v) is 31.8. The number of aryl methyl sites for hydroxylation is 1. The van der Waals surface area contributed by atoms with Gasteiger partial charge in [0.05, 0.1) is 50.5 Å². The summed E-state index contributed by atoms with van der Waals surface area (Å²) in [6.07, 6.45) is -14.0. The fourth-order valence-corrected chi connectivity index (χ4v) is 15.1. The number of rotatable bonds is 23. The molecule has 3 aliphatic rings. The third-order valence-electron chi connectivity index (χ3n) is 13.3. The lowest BCUT2D eigenvalue weighted by Gasteiger charge is -2.26. The largest absolute Gasteiger partial charge is 0.490 e. The molecule has 0 saturated carbocycles. The van der Waals surface area contributed by atoms with Gasteiger partial charge in [0, 0.05) is 19.6 Å². The Balaban J connectivity index is 0.824. The Morgan fingerprint density at radius 1 is 0.706 bits per heavy atom. The minimum atomic E-state index is -6.30. The van der Waals surface area contributed by atoms with Crippen LogP contribution < -0.4 is 37.6 Å². The molecule has 46 heteroatoms. The van der Waals surface area contributed by atoms with Gasteiger partial charge in [-0.25, -0.2) is 55.9 Å². The summed E-state index contributed by atoms with van der Waals surface area (Å²) in [5.74, 6) is -2.17. The number of hydrogen-bond acceptors (Lipinski definition) is 30. The van der Waals surface area contributed by atoms with Crippen LogP contribution in [0.4, 0.5) is 17.7 Å². The van der Waals surface area contributed by atoms with Gasteiger partial charge in [0.2, 0.25) is 27.7 Å². The maximum absolute atomic E-state index is 13.8. The van der Waals surface area contributed by atoms with Crippen LogP contribution in [-0.4, -0.2) is 179 Å². The number of aromatic amines is 2. The maximum atomic E-state index is 13.8. The second-order valence-electron chi connectivity index (χ2n) is 18.8. The van der Waals surface area contributed by atoms with Crippen molar-refractivity contribution in [3.63, 3.8) is 0 Å². The summed E-state index contributed by atoms with van der Waals surface area (Å²) >= 11 is 0. The molecule has 0 radical (unpaired) electrons. The lowest BCUT2D eigenvalue weighted by Crippen LogP contribution is -2.46. The van der Waals surface area contributed by atoms with Crippen LogP contribution in [0.5, 0.6) is 0 Å². The van der Waals surface area contributed by atoms with E-state index in [1.54, 1.807) is 6.07 Å². The first kappa shape index (κ1) is 62.1. The number of benzene rings is 1. The first-order valence-electron chi connectivity index (χ1n) is 24.3. The second kappa shape index (κ2) is 23.6. The van der Waals surface area contributed by atoms with E-state index in [9.17, 15) is 71.2 Å². The Morgan fingerprint density at radius 3 is 1.99 bits per heavy atom. The minimum Gasteiger partial charge on any atom is -0.387 e. The van der Waals surface area contributed by atoms with E-state index in [1.165, 1.54) is 46.8 Å². The van der Waals surface area contributed by atoms with Crippen molar-refractivity contribution in [3.05, 3.63) is 76.3 Å². The van der Waals surface area contributed by atoms with E-state index in [0.29, 0.717) is 0 Å². The van der Waals surface area contributed by atoms with E-state index in [0.717, 1.165) is 35.2 Å². The number of phosphoric acid groups is 4. The van der Waals surface area contributed by atoms with Crippen LogP contribution >= 0.6 is 31.3 Å². The Hall–Kier alpha value is -5.98. The number of anilines is 3. The van der Waals surface area contributed by atoms with Gasteiger partial charge in [-0.3, -0.25) is 51.4 Å². The van der Waals surface area contributed by atoms with Crippen LogP contribution in [0.3, 0.4) is 0 Å². The van der Waals surface area contributed by atoms with Crippen molar-refractivity contribution in [2.75, 3.05) is 50.7 Å². The summed E-state index contributed by atoms with van der Waals surface area (Å²) < 4.78 is 140. The highest BCUT2D eigenvalue weighted by Gasteiger charge is 2.54.